The Kier molecular flexibility index (Phi) is 8.04. The Morgan fingerprint density at radius 2 is 1.76 bits per heavy atom. The molecule has 1 amide bonds. The topological polar surface area (TPSA) is 106 Å². The summed E-state index contributed by atoms with van der Waals surface area (Å²) in [6, 6.07) is 26.1. The molecule has 1 saturated heterocycles. The molecule has 1 aliphatic rings. The lowest BCUT2D eigenvalue weighted by atomic mass is 9.96. The molecule has 3 N–H and O–H groups in total. The van der Waals surface area contributed by atoms with Crippen LogP contribution in [0, 0.1) is 0 Å². The highest BCUT2D eigenvalue weighted by Gasteiger charge is 2.24. The van der Waals surface area contributed by atoms with Gasteiger partial charge in [-0.2, -0.15) is 0 Å². The molecular weight excluding hydrogens is 512 g/mol. The Balaban J connectivity index is 1.36. The van der Waals surface area contributed by atoms with E-state index in [1.165, 1.54) is 0 Å². The number of nitrogens with one attached hydrogen (secondary N) is 1. The molecular formula is C33H32N6O2. The van der Waals surface area contributed by atoms with E-state index in [9.17, 15) is 4.79 Å². The maximum absolute atomic E-state index is 13.7. The van der Waals surface area contributed by atoms with E-state index in [4.69, 9.17) is 15.5 Å². The molecule has 0 bridgehead atoms. The van der Waals surface area contributed by atoms with Crippen molar-refractivity contribution in [3.05, 3.63) is 114 Å². The lowest BCUT2D eigenvalue weighted by molar-refractivity contribution is 0.0161. The molecule has 2 aromatic carbocycles. The number of carbonyl (C=O) groups excluding carboxylic acids is 1. The van der Waals surface area contributed by atoms with Gasteiger partial charge in [0, 0.05) is 61.3 Å². The van der Waals surface area contributed by atoms with Crippen LogP contribution in [0.25, 0.3) is 33.3 Å². The number of hydrogen-bond acceptors (Lipinski definition) is 7. The van der Waals surface area contributed by atoms with Gasteiger partial charge in [0.2, 0.25) is 0 Å². The number of amides is 1. The fourth-order valence-corrected chi connectivity index (χ4v) is 5.33. The second kappa shape index (κ2) is 12.3. The number of carbonyl (C=O) groups is 1. The van der Waals surface area contributed by atoms with Crippen molar-refractivity contribution in [2.24, 2.45) is 5.73 Å². The van der Waals surface area contributed by atoms with E-state index in [0.717, 1.165) is 46.6 Å². The molecule has 5 aromatic rings. The first-order valence-corrected chi connectivity index (χ1v) is 13.9. The van der Waals surface area contributed by atoms with Crippen LogP contribution in [0.5, 0.6) is 0 Å². The van der Waals surface area contributed by atoms with Gasteiger partial charge in [-0.05, 0) is 34.9 Å². The van der Waals surface area contributed by atoms with E-state index in [0.29, 0.717) is 42.9 Å². The number of hydrogen-bond donors (Lipinski definition) is 2. The molecule has 1 fully saturated rings. The van der Waals surface area contributed by atoms with Crippen LogP contribution in [0.1, 0.15) is 27.7 Å². The van der Waals surface area contributed by atoms with Crippen molar-refractivity contribution in [1.82, 2.24) is 25.2 Å². The van der Waals surface area contributed by atoms with Crippen molar-refractivity contribution in [2.75, 3.05) is 32.8 Å². The number of nitrogens with two attached hydrogens (primary N) is 1. The van der Waals surface area contributed by atoms with E-state index >= 15 is 0 Å². The van der Waals surface area contributed by atoms with Gasteiger partial charge in [0.05, 0.1) is 30.5 Å². The number of benzene rings is 2. The predicted molar refractivity (Wildman–Crippen MR) is 160 cm³/mol. The molecule has 8 nitrogen and oxygen atoms in total. The molecule has 8 heteroatoms. The van der Waals surface area contributed by atoms with Gasteiger partial charge in [-0.3, -0.25) is 19.7 Å². The van der Waals surface area contributed by atoms with Gasteiger partial charge in [-0.15, -0.1) is 0 Å². The maximum atomic E-state index is 13.7. The SMILES string of the molecule is NCc1ccc(-c2nc3ccnc(C(=O)NCC(c4cccnc4)N4CCOCC4)c3cc2-c2ccccc2)cc1. The lowest BCUT2D eigenvalue weighted by Gasteiger charge is -2.34. The van der Waals surface area contributed by atoms with Crippen LogP contribution in [0.3, 0.4) is 0 Å². The van der Waals surface area contributed by atoms with Crippen molar-refractivity contribution in [1.29, 1.82) is 0 Å². The standard InChI is InChI=1S/C33H32N6O2/c34-20-23-8-10-25(11-9-23)31-27(24-5-2-1-3-6-24)19-28-29(38-31)12-14-36-32(28)33(40)37-22-30(26-7-4-13-35-21-26)39-15-17-41-18-16-39/h1-14,19,21,30H,15-18,20,22,34H2,(H,37,40). The third-order valence-electron chi connectivity index (χ3n) is 7.52. The van der Waals surface area contributed by atoms with Gasteiger partial charge in [-0.1, -0.05) is 60.7 Å². The smallest absolute Gasteiger partial charge is 0.270 e. The van der Waals surface area contributed by atoms with E-state index in [2.05, 4.69) is 32.3 Å². The molecule has 3 aromatic heterocycles. The molecule has 4 heterocycles. The number of nitrogens with zero attached hydrogens (tertiary/aromatic N) is 4. The Morgan fingerprint density at radius 3 is 2.49 bits per heavy atom. The molecule has 1 unspecified atom stereocenters. The first-order valence-electron chi connectivity index (χ1n) is 13.9. The molecule has 1 aliphatic heterocycles. The molecule has 0 saturated carbocycles. The second-order valence-electron chi connectivity index (χ2n) is 10.0. The van der Waals surface area contributed by atoms with Crippen LogP contribution in [0.2, 0.25) is 0 Å². The number of fused-ring (bicyclic) bond motifs is 1. The largest absolute Gasteiger partial charge is 0.379 e. The summed E-state index contributed by atoms with van der Waals surface area (Å²) in [7, 11) is 0. The third-order valence-corrected chi connectivity index (χ3v) is 7.52. The highest BCUT2D eigenvalue weighted by molar-refractivity contribution is 6.06. The number of rotatable bonds is 8. The van der Waals surface area contributed by atoms with Crippen molar-refractivity contribution in [3.63, 3.8) is 0 Å². The van der Waals surface area contributed by atoms with Crippen molar-refractivity contribution >= 4 is 16.8 Å². The average molecular weight is 545 g/mol. The van der Waals surface area contributed by atoms with Crippen LogP contribution in [0.4, 0.5) is 0 Å². The summed E-state index contributed by atoms with van der Waals surface area (Å²) in [5, 5.41) is 3.86. The Labute approximate surface area is 239 Å². The molecule has 0 radical (unpaired) electrons. The van der Waals surface area contributed by atoms with E-state index < -0.39 is 0 Å². The number of aromatic nitrogens is 3. The van der Waals surface area contributed by atoms with Crippen LogP contribution < -0.4 is 11.1 Å². The van der Waals surface area contributed by atoms with E-state index in [1.807, 2.05) is 72.9 Å². The molecule has 0 spiro atoms. The van der Waals surface area contributed by atoms with Gasteiger partial charge < -0.3 is 15.8 Å². The quantitative estimate of drug-likeness (QED) is 0.294. The third kappa shape index (κ3) is 5.85. The average Bonchev–Trinajstić information content (AvgIpc) is 3.05. The summed E-state index contributed by atoms with van der Waals surface area (Å²) in [4.78, 5) is 29.9. The fourth-order valence-electron chi connectivity index (χ4n) is 5.33. The second-order valence-corrected chi connectivity index (χ2v) is 10.0. The molecule has 0 aliphatic carbocycles. The number of ether oxygens (including phenoxy) is 1. The molecule has 1 atom stereocenters. The molecule has 41 heavy (non-hydrogen) atoms. The summed E-state index contributed by atoms with van der Waals surface area (Å²) in [5.41, 5.74) is 12.8. The lowest BCUT2D eigenvalue weighted by Crippen LogP contribution is -2.44. The van der Waals surface area contributed by atoms with Gasteiger partial charge in [0.15, 0.2) is 0 Å². The van der Waals surface area contributed by atoms with Crippen molar-refractivity contribution < 1.29 is 9.53 Å². The normalized spacial score (nSPS) is 14.6. The number of morpholine rings is 1. The Hall–Kier alpha value is -4.50. The Bertz CT molecular complexity index is 1620. The summed E-state index contributed by atoms with van der Waals surface area (Å²) < 4.78 is 5.56. The summed E-state index contributed by atoms with van der Waals surface area (Å²) in [5.74, 6) is -0.237. The van der Waals surface area contributed by atoms with Crippen molar-refractivity contribution in [2.45, 2.75) is 12.6 Å². The van der Waals surface area contributed by atoms with Gasteiger partial charge in [-0.25, -0.2) is 4.98 Å². The van der Waals surface area contributed by atoms with Crippen LogP contribution in [-0.2, 0) is 11.3 Å². The monoisotopic (exact) mass is 544 g/mol. The highest BCUT2D eigenvalue weighted by Crippen LogP contribution is 2.34. The minimum atomic E-state index is -0.237. The summed E-state index contributed by atoms with van der Waals surface area (Å²) in [6.45, 7) is 3.83. The first-order chi connectivity index (χ1) is 20.2. The molecule has 206 valence electrons. The Morgan fingerprint density at radius 1 is 0.951 bits per heavy atom. The van der Waals surface area contributed by atoms with Gasteiger partial charge in [0.1, 0.15) is 5.69 Å². The van der Waals surface area contributed by atoms with Gasteiger partial charge >= 0.3 is 0 Å². The minimum absolute atomic E-state index is 0.0207. The zero-order valence-electron chi connectivity index (χ0n) is 22.7. The maximum Gasteiger partial charge on any atom is 0.270 e. The predicted octanol–water partition coefficient (Wildman–Crippen LogP) is 4.62. The van der Waals surface area contributed by atoms with Gasteiger partial charge in [0.25, 0.3) is 5.91 Å². The van der Waals surface area contributed by atoms with Crippen LogP contribution in [0.15, 0.2) is 97.5 Å². The van der Waals surface area contributed by atoms with Crippen LogP contribution >= 0.6 is 0 Å². The van der Waals surface area contributed by atoms with Crippen molar-refractivity contribution in [3.8, 4) is 22.4 Å². The minimum Gasteiger partial charge on any atom is -0.379 e. The first kappa shape index (κ1) is 26.7. The summed E-state index contributed by atoms with van der Waals surface area (Å²) >= 11 is 0. The fraction of sp³-hybridized carbons (Fsp3) is 0.212. The molecule has 6 rings (SSSR count). The zero-order chi connectivity index (χ0) is 28.0. The number of pyridine rings is 3. The van der Waals surface area contributed by atoms with Crippen LogP contribution in [-0.4, -0.2) is 58.6 Å². The highest BCUT2D eigenvalue weighted by atomic mass is 16.5. The van der Waals surface area contributed by atoms with E-state index in [-0.39, 0.29) is 11.9 Å². The zero-order valence-corrected chi connectivity index (χ0v) is 22.7. The van der Waals surface area contributed by atoms with E-state index in [1.54, 1.807) is 12.4 Å². The summed E-state index contributed by atoms with van der Waals surface area (Å²) in [6.07, 6.45) is 5.27.